The van der Waals surface area contributed by atoms with E-state index in [0.29, 0.717) is 0 Å². The van der Waals surface area contributed by atoms with E-state index in [0.717, 1.165) is 22.9 Å². The maximum absolute atomic E-state index is 5.95. The molecule has 142 valence electrons. The van der Waals surface area contributed by atoms with Gasteiger partial charge in [0, 0.05) is 12.4 Å². The quantitative estimate of drug-likeness (QED) is 0.712. The molecule has 0 spiro atoms. The first-order valence-electron chi connectivity index (χ1n) is 8.71. The summed E-state index contributed by atoms with van der Waals surface area (Å²) < 4.78 is 22.2. The van der Waals surface area contributed by atoms with E-state index in [4.69, 9.17) is 18.9 Å². The zero-order chi connectivity index (χ0) is 19.3. The van der Waals surface area contributed by atoms with Crippen LogP contribution in [0.25, 0.3) is 0 Å². The molecular weight excluding hydrogens is 344 g/mol. The summed E-state index contributed by atoms with van der Waals surface area (Å²) in [5.74, 6) is 0.882. The number of nitrogens with zero attached hydrogens (tertiary/aromatic N) is 2. The Morgan fingerprint density at radius 2 is 1.11 bits per heavy atom. The van der Waals surface area contributed by atoms with Crippen LogP contribution in [-0.2, 0) is 9.47 Å². The topological polar surface area (TPSA) is 61.6 Å². The Morgan fingerprint density at radius 3 is 1.44 bits per heavy atom. The van der Waals surface area contributed by atoms with Gasteiger partial charge in [-0.05, 0) is 62.4 Å². The summed E-state index contributed by atoms with van der Waals surface area (Å²) >= 11 is 0. The number of rotatable bonds is 6. The number of ether oxygens (including phenoxy) is 4. The number of methoxy groups -OCH3 is 2. The fourth-order valence-corrected chi connectivity index (χ4v) is 2.70. The van der Waals surface area contributed by atoms with Gasteiger partial charge in [-0.2, -0.15) is 0 Å². The van der Waals surface area contributed by atoms with Crippen LogP contribution in [0.3, 0.4) is 0 Å². The molecular formula is C21H24N2O4. The molecule has 0 N–H and O–H groups in total. The van der Waals surface area contributed by atoms with Crippen molar-refractivity contribution < 1.29 is 18.9 Å². The summed E-state index contributed by atoms with van der Waals surface area (Å²) in [4.78, 5) is 8.99. The van der Waals surface area contributed by atoms with E-state index >= 15 is 0 Å². The molecule has 2 atom stereocenters. The van der Waals surface area contributed by atoms with Gasteiger partial charge in [0.2, 0.25) is 0 Å². The van der Waals surface area contributed by atoms with Gasteiger partial charge in [0.15, 0.2) is 5.79 Å². The predicted molar refractivity (Wildman–Crippen MR) is 106 cm³/mol. The molecule has 0 aromatic heterocycles. The van der Waals surface area contributed by atoms with Crippen LogP contribution < -0.4 is 9.47 Å². The van der Waals surface area contributed by atoms with Crippen LogP contribution in [0.2, 0.25) is 0 Å². The van der Waals surface area contributed by atoms with Crippen molar-refractivity contribution in [2.45, 2.75) is 31.8 Å². The monoisotopic (exact) mass is 368 g/mol. The Bertz CT molecular complexity index is 730. The molecule has 2 aromatic rings. The molecule has 2 aromatic carbocycles. The van der Waals surface area contributed by atoms with Crippen LogP contribution in [0.15, 0.2) is 58.5 Å². The van der Waals surface area contributed by atoms with E-state index in [-0.39, 0.29) is 12.2 Å². The summed E-state index contributed by atoms with van der Waals surface area (Å²) in [6.07, 6.45) is 2.84. The average molecular weight is 368 g/mol. The molecule has 0 unspecified atom stereocenters. The van der Waals surface area contributed by atoms with Crippen LogP contribution in [0.4, 0.5) is 11.4 Å². The molecule has 6 heteroatoms. The zero-order valence-electron chi connectivity index (χ0n) is 16.0. The summed E-state index contributed by atoms with van der Waals surface area (Å²) in [6.45, 7) is 3.75. The van der Waals surface area contributed by atoms with Crippen molar-refractivity contribution in [2.75, 3.05) is 14.2 Å². The molecule has 6 nitrogen and oxygen atoms in total. The minimum absolute atomic E-state index is 0.330. The van der Waals surface area contributed by atoms with E-state index in [1.54, 1.807) is 26.6 Å². The molecule has 1 aliphatic rings. The van der Waals surface area contributed by atoms with E-state index in [1.807, 2.05) is 62.4 Å². The lowest BCUT2D eigenvalue weighted by Gasteiger charge is -2.15. The Hall–Kier alpha value is -2.70. The van der Waals surface area contributed by atoms with E-state index in [9.17, 15) is 0 Å². The molecule has 27 heavy (non-hydrogen) atoms. The SMILES string of the molecule is COc1ccc(N=C[C@@H]2OC(C)(C)O[C@H]2C=Nc2ccc(OC)cc2)cc1. The Labute approximate surface area is 159 Å². The van der Waals surface area contributed by atoms with Crippen LogP contribution in [0.1, 0.15) is 13.8 Å². The van der Waals surface area contributed by atoms with Gasteiger partial charge < -0.3 is 18.9 Å². The third kappa shape index (κ3) is 5.15. The summed E-state index contributed by atoms with van der Waals surface area (Å²) in [5, 5.41) is 0. The number of hydrogen-bond donors (Lipinski definition) is 0. The number of hydrogen-bond acceptors (Lipinski definition) is 6. The van der Waals surface area contributed by atoms with Gasteiger partial charge in [-0.1, -0.05) is 0 Å². The molecule has 0 amide bonds. The lowest BCUT2D eigenvalue weighted by atomic mass is 10.2. The highest BCUT2D eigenvalue weighted by Gasteiger charge is 2.39. The average Bonchev–Trinajstić information content (AvgIpc) is 2.99. The third-order valence-electron chi connectivity index (χ3n) is 4.05. The molecule has 0 bridgehead atoms. The Morgan fingerprint density at radius 1 is 0.741 bits per heavy atom. The van der Waals surface area contributed by atoms with Gasteiger partial charge in [0.25, 0.3) is 0 Å². The maximum atomic E-state index is 5.95. The first-order valence-corrected chi connectivity index (χ1v) is 8.71. The van der Waals surface area contributed by atoms with Crippen molar-refractivity contribution in [3.8, 4) is 11.5 Å². The normalized spacial score (nSPS) is 21.8. The summed E-state index contributed by atoms with van der Waals surface area (Å²) in [6, 6.07) is 15.0. The van der Waals surface area contributed by atoms with E-state index in [1.165, 1.54) is 0 Å². The van der Waals surface area contributed by atoms with Crippen LogP contribution >= 0.6 is 0 Å². The highest BCUT2D eigenvalue weighted by Crippen LogP contribution is 2.28. The van der Waals surface area contributed by atoms with Crippen molar-refractivity contribution >= 4 is 23.8 Å². The Balaban J connectivity index is 1.71. The van der Waals surface area contributed by atoms with Gasteiger partial charge in [0.1, 0.15) is 23.7 Å². The van der Waals surface area contributed by atoms with Crippen molar-refractivity contribution in [1.82, 2.24) is 0 Å². The Kier molecular flexibility index (Phi) is 5.88. The molecule has 1 saturated heterocycles. The van der Waals surface area contributed by atoms with Gasteiger partial charge in [-0.3, -0.25) is 9.98 Å². The summed E-state index contributed by atoms with van der Waals surface area (Å²) in [5.41, 5.74) is 1.63. The second-order valence-electron chi connectivity index (χ2n) is 6.52. The fraction of sp³-hybridized carbons (Fsp3) is 0.333. The van der Waals surface area contributed by atoms with Gasteiger partial charge in [0.05, 0.1) is 25.6 Å². The van der Waals surface area contributed by atoms with Crippen LogP contribution in [0, 0.1) is 0 Å². The highest BCUT2D eigenvalue weighted by atomic mass is 16.7. The molecule has 1 fully saturated rings. The molecule has 0 aliphatic carbocycles. The third-order valence-corrected chi connectivity index (χ3v) is 4.05. The second-order valence-corrected chi connectivity index (χ2v) is 6.52. The van der Waals surface area contributed by atoms with Gasteiger partial charge >= 0.3 is 0 Å². The van der Waals surface area contributed by atoms with E-state index < -0.39 is 5.79 Å². The highest BCUT2D eigenvalue weighted by molar-refractivity contribution is 5.78. The minimum Gasteiger partial charge on any atom is -0.497 e. The smallest absolute Gasteiger partial charge is 0.164 e. The summed E-state index contributed by atoms with van der Waals surface area (Å²) in [7, 11) is 3.27. The zero-order valence-corrected chi connectivity index (χ0v) is 16.0. The van der Waals surface area contributed by atoms with Crippen molar-refractivity contribution in [2.24, 2.45) is 9.98 Å². The van der Waals surface area contributed by atoms with Gasteiger partial charge in [-0.15, -0.1) is 0 Å². The molecule has 0 saturated carbocycles. The minimum atomic E-state index is -0.701. The largest absolute Gasteiger partial charge is 0.497 e. The van der Waals surface area contributed by atoms with Gasteiger partial charge in [-0.25, -0.2) is 0 Å². The van der Waals surface area contributed by atoms with Crippen molar-refractivity contribution in [3.05, 3.63) is 48.5 Å². The van der Waals surface area contributed by atoms with E-state index in [2.05, 4.69) is 9.98 Å². The maximum Gasteiger partial charge on any atom is 0.164 e. The van der Waals surface area contributed by atoms with Crippen LogP contribution in [0.5, 0.6) is 11.5 Å². The fourth-order valence-electron chi connectivity index (χ4n) is 2.70. The van der Waals surface area contributed by atoms with Crippen molar-refractivity contribution in [3.63, 3.8) is 0 Å². The van der Waals surface area contributed by atoms with Crippen LogP contribution in [-0.4, -0.2) is 44.6 Å². The second kappa shape index (κ2) is 8.33. The first kappa shape index (κ1) is 19.1. The molecule has 1 heterocycles. The lowest BCUT2D eigenvalue weighted by Crippen LogP contribution is -2.25. The standard InChI is InChI=1S/C21H24N2O4/c1-21(2)26-19(13-22-15-5-9-17(24-3)10-6-15)20(27-21)14-23-16-7-11-18(25-4)12-8-16/h5-14,19-20H,1-4H3/t19-,20-/m0/s1. The lowest BCUT2D eigenvalue weighted by molar-refractivity contribution is -0.135. The number of benzene rings is 2. The predicted octanol–water partition coefficient (Wildman–Crippen LogP) is 4.33. The first-order chi connectivity index (χ1) is 13.0. The molecule has 3 rings (SSSR count). The molecule has 1 aliphatic heterocycles. The number of aliphatic imine (C=N–C) groups is 2. The van der Waals surface area contributed by atoms with Crippen molar-refractivity contribution in [1.29, 1.82) is 0 Å². The molecule has 0 radical (unpaired) electrons.